The van der Waals surface area contributed by atoms with E-state index in [1.165, 1.54) is 38.5 Å². The molecule has 26 heavy (non-hydrogen) atoms. The van der Waals surface area contributed by atoms with Gasteiger partial charge in [0.2, 0.25) is 0 Å². The predicted molar refractivity (Wildman–Crippen MR) is 92.0 cm³/mol. The van der Waals surface area contributed by atoms with E-state index in [4.69, 9.17) is 9.47 Å². The second-order valence-corrected chi connectivity index (χ2v) is 5.19. The first kappa shape index (κ1) is 18.6. The molecule has 0 radical (unpaired) electrons. The van der Waals surface area contributed by atoms with Crippen molar-refractivity contribution >= 4 is 23.0 Å². The predicted octanol–water partition coefficient (Wildman–Crippen LogP) is 3.08. The first-order chi connectivity index (χ1) is 12.3. The van der Waals surface area contributed by atoms with Crippen LogP contribution in [0.2, 0.25) is 0 Å². The summed E-state index contributed by atoms with van der Waals surface area (Å²) >= 11 is 0. The van der Waals surface area contributed by atoms with Crippen molar-refractivity contribution in [2.45, 2.75) is 6.92 Å². The van der Waals surface area contributed by atoms with Crippen LogP contribution in [0, 0.1) is 27.2 Å². The Morgan fingerprint density at radius 3 is 2.12 bits per heavy atom. The summed E-state index contributed by atoms with van der Waals surface area (Å²) in [5.74, 6) is -0.486. The number of hydrogen-bond acceptors (Lipinski definition) is 7. The van der Waals surface area contributed by atoms with Gasteiger partial charge >= 0.3 is 0 Å². The molecule has 0 heterocycles. The maximum atomic E-state index is 12.5. The Morgan fingerprint density at radius 2 is 1.62 bits per heavy atom. The van der Waals surface area contributed by atoms with Gasteiger partial charge in [-0.3, -0.25) is 25.0 Å². The number of nitro benzene ring substituents is 2. The molecule has 0 bridgehead atoms. The summed E-state index contributed by atoms with van der Waals surface area (Å²) in [5.41, 5.74) is -0.0805. The van der Waals surface area contributed by atoms with E-state index in [1.54, 1.807) is 6.92 Å². The molecular weight excluding hydrogens is 346 g/mol. The van der Waals surface area contributed by atoms with Gasteiger partial charge in [-0.1, -0.05) is 0 Å². The fraction of sp³-hybridized carbons (Fsp3) is 0.188. The zero-order chi connectivity index (χ0) is 19.4. The van der Waals surface area contributed by atoms with Crippen molar-refractivity contribution < 1.29 is 24.1 Å². The largest absolute Gasteiger partial charge is 0.493 e. The lowest BCUT2D eigenvalue weighted by atomic mass is 10.1. The Balaban J connectivity index is 2.43. The highest BCUT2D eigenvalue weighted by atomic mass is 16.6. The summed E-state index contributed by atoms with van der Waals surface area (Å²) in [6.45, 7) is 1.58. The van der Waals surface area contributed by atoms with Gasteiger partial charge in [0.05, 0.1) is 30.1 Å². The van der Waals surface area contributed by atoms with Crippen LogP contribution in [0.15, 0.2) is 30.3 Å². The van der Waals surface area contributed by atoms with Crippen molar-refractivity contribution in [1.82, 2.24) is 0 Å². The van der Waals surface area contributed by atoms with Gasteiger partial charge in [-0.05, 0) is 18.6 Å². The fourth-order valence-electron chi connectivity index (χ4n) is 2.29. The van der Waals surface area contributed by atoms with Crippen LogP contribution >= 0.6 is 0 Å². The molecule has 0 unspecified atom stereocenters. The van der Waals surface area contributed by atoms with Crippen molar-refractivity contribution in [2.75, 3.05) is 19.5 Å². The molecule has 0 aromatic heterocycles. The van der Waals surface area contributed by atoms with Crippen molar-refractivity contribution in [2.24, 2.45) is 0 Å². The van der Waals surface area contributed by atoms with Crippen LogP contribution in [0.1, 0.15) is 15.9 Å². The molecule has 0 atom stereocenters. The standard InChI is InChI=1S/C16H15N3O7/c1-9-6-10(18(21)22)4-5-12(9)17-16(20)11-7-14(25-2)15(26-3)8-13(11)19(23)24/h4-8H,1-3H3,(H,17,20). The molecule has 136 valence electrons. The minimum absolute atomic E-state index is 0.113. The molecule has 0 spiro atoms. The number of rotatable bonds is 6. The number of nitrogens with zero attached hydrogens (tertiary/aromatic N) is 2. The van der Waals surface area contributed by atoms with Gasteiger partial charge in [-0.2, -0.15) is 0 Å². The fourth-order valence-corrected chi connectivity index (χ4v) is 2.29. The number of nitrogens with one attached hydrogen (secondary N) is 1. The highest BCUT2D eigenvalue weighted by Crippen LogP contribution is 2.35. The summed E-state index contributed by atoms with van der Waals surface area (Å²) in [7, 11) is 2.66. The first-order valence-electron chi connectivity index (χ1n) is 7.25. The van der Waals surface area contributed by atoms with Gasteiger partial charge in [0.25, 0.3) is 17.3 Å². The number of carbonyl (C=O) groups is 1. The topological polar surface area (TPSA) is 134 Å². The van der Waals surface area contributed by atoms with Crippen LogP contribution < -0.4 is 14.8 Å². The molecular formula is C16H15N3O7. The molecule has 10 heteroatoms. The summed E-state index contributed by atoms with van der Waals surface area (Å²) in [6, 6.07) is 6.17. The Labute approximate surface area is 147 Å². The number of hydrogen-bond donors (Lipinski definition) is 1. The van der Waals surface area contributed by atoms with E-state index in [9.17, 15) is 25.0 Å². The summed E-state index contributed by atoms with van der Waals surface area (Å²) in [5, 5.41) is 24.6. The van der Waals surface area contributed by atoms with Crippen LogP contribution in [0.3, 0.4) is 0 Å². The van der Waals surface area contributed by atoms with E-state index in [1.807, 2.05) is 0 Å². The quantitative estimate of drug-likeness (QED) is 0.617. The molecule has 0 aliphatic rings. The van der Waals surface area contributed by atoms with Crippen molar-refractivity contribution in [3.63, 3.8) is 0 Å². The summed E-state index contributed by atoms with van der Waals surface area (Å²) in [4.78, 5) is 33.3. The average Bonchev–Trinajstić information content (AvgIpc) is 2.61. The second kappa shape index (κ2) is 7.47. The number of ether oxygens (including phenoxy) is 2. The van der Waals surface area contributed by atoms with Crippen molar-refractivity contribution in [3.05, 3.63) is 61.7 Å². The number of amides is 1. The molecule has 2 rings (SSSR count). The molecule has 0 aliphatic heterocycles. The van der Waals surface area contributed by atoms with Gasteiger partial charge in [-0.25, -0.2) is 0 Å². The number of non-ortho nitro benzene ring substituents is 1. The number of anilines is 1. The lowest BCUT2D eigenvalue weighted by Crippen LogP contribution is -2.15. The number of benzene rings is 2. The van der Waals surface area contributed by atoms with Crippen LogP contribution in [0.4, 0.5) is 17.1 Å². The molecule has 1 amide bonds. The van der Waals surface area contributed by atoms with E-state index in [2.05, 4.69) is 5.32 Å². The van der Waals surface area contributed by atoms with E-state index in [-0.39, 0.29) is 22.7 Å². The molecule has 0 saturated carbocycles. The molecule has 0 aliphatic carbocycles. The van der Waals surface area contributed by atoms with Gasteiger partial charge in [0.15, 0.2) is 11.5 Å². The first-order valence-corrected chi connectivity index (χ1v) is 7.25. The minimum Gasteiger partial charge on any atom is -0.493 e. The van der Waals surface area contributed by atoms with E-state index >= 15 is 0 Å². The molecule has 10 nitrogen and oxygen atoms in total. The summed E-state index contributed by atoms with van der Waals surface area (Å²) in [6.07, 6.45) is 0. The van der Waals surface area contributed by atoms with E-state index < -0.39 is 21.4 Å². The Bertz CT molecular complexity index is 896. The maximum Gasteiger partial charge on any atom is 0.286 e. The highest BCUT2D eigenvalue weighted by Gasteiger charge is 2.25. The Morgan fingerprint density at radius 1 is 1.00 bits per heavy atom. The van der Waals surface area contributed by atoms with Crippen molar-refractivity contribution in [1.29, 1.82) is 0 Å². The molecule has 0 saturated heterocycles. The average molecular weight is 361 g/mol. The second-order valence-electron chi connectivity index (χ2n) is 5.19. The van der Waals surface area contributed by atoms with Crippen LogP contribution in [-0.4, -0.2) is 30.0 Å². The number of methoxy groups -OCH3 is 2. The Kier molecular flexibility index (Phi) is 5.36. The maximum absolute atomic E-state index is 12.5. The van der Waals surface area contributed by atoms with Gasteiger partial charge in [0.1, 0.15) is 5.56 Å². The van der Waals surface area contributed by atoms with Gasteiger partial charge < -0.3 is 14.8 Å². The van der Waals surface area contributed by atoms with E-state index in [0.29, 0.717) is 11.3 Å². The number of carbonyl (C=O) groups excluding carboxylic acids is 1. The monoisotopic (exact) mass is 361 g/mol. The third-order valence-corrected chi connectivity index (χ3v) is 3.61. The van der Waals surface area contributed by atoms with Crippen molar-refractivity contribution in [3.8, 4) is 11.5 Å². The number of nitro groups is 2. The third kappa shape index (κ3) is 3.69. The van der Waals surface area contributed by atoms with Crippen LogP contribution in [0.5, 0.6) is 11.5 Å². The molecule has 0 fully saturated rings. The number of aryl methyl sites for hydroxylation is 1. The normalized spacial score (nSPS) is 10.1. The van der Waals surface area contributed by atoms with Gasteiger partial charge in [0, 0.05) is 23.9 Å². The molecule has 2 aromatic rings. The smallest absolute Gasteiger partial charge is 0.286 e. The minimum atomic E-state index is -0.755. The van der Waals surface area contributed by atoms with Crippen LogP contribution in [-0.2, 0) is 0 Å². The van der Waals surface area contributed by atoms with Gasteiger partial charge in [-0.15, -0.1) is 0 Å². The van der Waals surface area contributed by atoms with E-state index in [0.717, 1.165) is 6.07 Å². The zero-order valence-corrected chi connectivity index (χ0v) is 14.1. The lowest BCUT2D eigenvalue weighted by molar-refractivity contribution is -0.385. The Hall–Kier alpha value is -3.69. The SMILES string of the molecule is COc1cc(C(=O)Nc2ccc([N+](=O)[O-])cc2C)c([N+](=O)[O-])cc1OC. The molecule has 2 aromatic carbocycles. The lowest BCUT2D eigenvalue weighted by Gasteiger charge is -2.12. The van der Waals surface area contributed by atoms with Crippen LogP contribution in [0.25, 0.3) is 0 Å². The highest BCUT2D eigenvalue weighted by molar-refractivity contribution is 6.08. The zero-order valence-electron chi connectivity index (χ0n) is 14.1. The third-order valence-electron chi connectivity index (χ3n) is 3.61. The molecule has 1 N–H and O–H groups in total. The summed E-state index contributed by atoms with van der Waals surface area (Å²) < 4.78 is 10.1.